The molecule has 1 nitrogen and oxygen atoms in total. The topological polar surface area (TPSA) is 12.0 Å². The SMILES string of the molecule is ClC1CN[CH]S1. The molecule has 0 aromatic heterocycles. The lowest BCUT2D eigenvalue weighted by atomic mass is 10.8. The number of halogens is 1. The predicted molar refractivity (Wildman–Crippen MR) is 29.5 cm³/mol. The van der Waals surface area contributed by atoms with Gasteiger partial charge in [-0.1, -0.05) is 0 Å². The van der Waals surface area contributed by atoms with E-state index in [1.807, 2.05) is 5.88 Å². The van der Waals surface area contributed by atoms with Gasteiger partial charge in [-0.15, -0.1) is 23.4 Å². The van der Waals surface area contributed by atoms with Crippen molar-refractivity contribution in [3.05, 3.63) is 5.88 Å². The molecule has 0 aromatic rings. The van der Waals surface area contributed by atoms with Gasteiger partial charge >= 0.3 is 0 Å². The third-order valence-electron chi connectivity index (χ3n) is 0.577. The second-order valence-electron chi connectivity index (χ2n) is 1.07. The Labute approximate surface area is 46.4 Å². The molecule has 1 aliphatic heterocycles. The van der Waals surface area contributed by atoms with Crippen LogP contribution >= 0.6 is 23.4 Å². The molecular formula is C3H5ClNS. The van der Waals surface area contributed by atoms with Gasteiger partial charge in [0.15, 0.2) is 0 Å². The summed E-state index contributed by atoms with van der Waals surface area (Å²) >= 11 is 7.21. The summed E-state index contributed by atoms with van der Waals surface area (Å²) in [5, 5.41) is 2.98. The summed E-state index contributed by atoms with van der Waals surface area (Å²) < 4.78 is 0.269. The van der Waals surface area contributed by atoms with Crippen LogP contribution in [0.3, 0.4) is 0 Å². The maximum atomic E-state index is 5.58. The van der Waals surface area contributed by atoms with Crippen molar-refractivity contribution < 1.29 is 0 Å². The molecule has 0 bridgehead atoms. The van der Waals surface area contributed by atoms with E-state index >= 15 is 0 Å². The van der Waals surface area contributed by atoms with Crippen LogP contribution in [0.25, 0.3) is 0 Å². The zero-order valence-electron chi connectivity index (χ0n) is 3.15. The lowest BCUT2D eigenvalue weighted by Gasteiger charge is -1.86. The van der Waals surface area contributed by atoms with Crippen LogP contribution in [-0.4, -0.2) is 11.3 Å². The third-order valence-corrected chi connectivity index (χ3v) is 1.81. The van der Waals surface area contributed by atoms with Crippen LogP contribution < -0.4 is 5.32 Å². The fourth-order valence-corrected chi connectivity index (χ4v) is 1.09. The summed E-state index contributed by atoms with van der Waals surface area (Å²) in [7, 11) is 0. The smallest absolute Gasteiger partial charge is 0.0929 e. The van der Waals surface area contributed by atoms with Crippen LogP contribution in [-0.2, 0) is 0 Å². The Morgan fingerprint density at radius 1 is 2.00 bits per heavy atom. The first-order valence-corrected chi connectivity index (χ1v) is 3.12. The van der Waals surface area contributed by atoms with Gasteiger partial charge in [-0.2, -0.15) is 0 Å². The van der Waals surface area contributed by atoms with Gasteiger partial charge in [0.05, 0.1) is 10.6 Å². The molecule has 0 spiro atoms. The van der Waals surface area contributed by atoms with Crippen LogP contribution in [0.1, 0.15) is 0 Å². The Morgan fingerprint density at radius 2 is 2.83 bits per heavy atom. The standard InChI is InChI=1S/C3H5ClNS/c4-3-1-5-2-6-3/h2-3,5H,1H2. The van der Waals surface area contributed by atoms with Gasteiger partial charge in [-0.3, -0.25) is 0 Å². The first-order valence-electron chi connectivity index (χ1n) is 1.74. The molecule has 1 unspecified atom stereocenters. The minimum atomic E-state index is 0.269. The largest absolute Gasteiger partial charge is 0.301 e. The Bertz CT molecular complexity index is 44.1. The second-order valence-corrected chi connectivity index (χ2v) is 2.93. The van der Waals surface area contributed by atoms with Gasteiger partial charge in [0.25, 0.3) is 0 Å². The number of hydrogen-bond donors (Lipinski definition) is 1. The highest BCUT2D eigenvalue weighted by Gasteiger charge is 2.09. The molecule has 0 amide bonds. The van der Waals surface area contributed by atoms with Crippen LogP contribution in [0.2, 0.25) is 0 Å². The van der Waals surface area contributed by atoms with Crippen LogP contribution in [0.15, 0.2) is 0 Å². The highest BCUT2D eigenvalue weighted by Crippen LogP contribution is 2.20. The highest BCUT2D eigenvalue weighted by atomic mass is 35.5. The summed E-state index contributed by atoms with van der Waals surface area (Å²) in [6, 6.07) is 0. The molecule has 1 rings (SSSR count). The summed E-state index contributed by atoms with van der Waals surface area (Å²) in [5.41, 5.74) is 0. The van der Waals surface area contributed by atoms with Crippen LogP contribution in [0.5, 0.6) is 0 Å². The number of rotatable bonds is 0. The Kier molecular flexibility index (Phi) is 1.62. The molecule has 1 N–H and O–H groups in total. The average Bonchev–Trinajstić information content (AvgIpc) is 1.86. The monoisotopic (exact) mass is 122 g/mol. The zero-order chi connectivity index (χ0) is 4.41. The first-order chi connectivity index (χ1) is 2.89. The summed E-state index contributed by atoms with van der Waals surface area (Å²) in [6.45, 7) is 0.909. The van der Waals surface area contributed by atoms with Crippen molar-refractivity contribution in [1.82, 2.24) is 5.32 Å². The van der Waals surface area contributed by atoms with Gasteiger partial charge < -0.3 is 5.32 Å². The molecule has 0 saturated carbocycles. The molecule has 1 fully saturated rings. The average molecular weight is 123 g/mol. The van der Waals surface area contributed by atoms with Crippen molar-refractivity contribution in [3.63, 3.8) is 0 Å². The molecule has 35 valence electrons. The highest BCUT2D eigenvalue weighted by molar-refractivity contribution is 8.03. The molecule has 0 aliphatic carbocycles. The lowest BCUT2D eigenvalue weighted by Crippen LogP contribution is -2.05. The van der Waals surface area contributed by atoms with Crippen molar-refractivity contribution in [2.45, 2.75) is 4.71 Å². The molecule has 1 heterocycles. The fourth-order valence-electron chi connectivity index (χ4n) is 0.311. The molecular weight excluding hydrogens is 118 g/mol. The lowest BCUT2D eigenvalue weighted by molar-refractivity contribution is 0.919. The van der Waals surface area contributed by atoms with Crippen LogP contribution in [0, 0.1) is 5.88 Å². The van der Waals surface area contributed by atoms with Gasteiger partial charge in [0.2, 0.25) is 0 Å². The number of nitrogens with one attached hydrogen (secondary N) is 1. The van der Waals surface area contributed by atoms with E-state index in [1.54, 1.807) is 11.8 Å². The predicted octanol–water partition coefficient (Wildman–Crippen LogP) is 1.01. The molecule has 1 radical (unpaired) electrons. The van der Waals surface area contributed by atoms with Crippen molar-refractivity contribution in [3.8, 4) is 0 Å². The molecule has 1 aliphatic rings. The van der Waals surface area contributed by atoms with Gasteiger partial charge in [-0.05, 0) is 0 Å². The van der Waals surface area contributed by atoms with E-state index in [-0.39, 0.29) is 4.71 Å². The van der Waals surface area contributed by atoms with E-state index in [0.717, 1.165) is 6.54 Å². The summed E-state index contributed by atoms with van der Waals surface area (Å²) in [6.07, 6.45) is 0. The quantitative estimate of drug-likeness (QED) is 0.482. The van der Waals surface area contributed by atoms with Crippen molar-refractivity contribution >= 4 is 23.4 Å². The van der Waals surface area contributed by atoms with Gasteiger partial charge in [0.1, 0.15) is 0 Å². The summed E-state index contributed by atoms with van der Waals surface area (Å²) in [4.78, 5) is 0. The minimum absolute atomic E-state index is 0.269. The second kappa shape index (κ2) is 2.05. The Balaban J connectivity index is 2.18. The fraction of sp³-hybridized carbons (Fsp3) is 0.667. The van der Waals surface area contributed by atoms with E-state index in [9.17, 15) is 0 Å². The van der Waals surface area contributed by atoms with Crippen LogP contribution in [0.4, 0.5) is 0 Å². The summed E-state index contributed by atoms with van der Waals surface area (Å²) in [5.74, 6) is 1.91. The van der Waals surface area contributed by atoms with Crippen molar-refractivity contribution in [2.75, 3.05) is 6.54 Å². The zero-order valence-corrected chi connectivity index (χ0v) is 4.72. The molecule has 6 heavy (non-hydrogen) atoms. The van der Waals surface area contributed by atoms with Crippen molar-refractivity contribution in [2.24, 2.45) is 0 Å². The maximum Gasteiger partial charge on any atom is 0.0929 e. The Morgan fingerprint density at radius 3 is 3.00 bits per heavy atom. The van der Waals surface area contributed by atoms with E-state index in [4.69, 9.17) is 11.6 Å². The van der Waals surface area contributed by atoms with E-state index < -0.39 is 0 Å². The van der Waals surface area contributed by atoms with Gasteiger partial charge in [0, 0.05) is 6.54 Å². The Hall–Kier alpha value is 0.600. The number of hydrogen-bond acceptors (Lipinski definition) is 2. The number of alkyl halides is 1. The molecule has 1 atom stereocenters. The van der Waals surface area contributed by atoms with E-state index in [0.29, 0.717) is 0 Å². The van der Waals surface area contributed by atoms with E-state index in [2.05, 4.69) is 5.32 Å². The third kappa shape index (κ3) is 1.03. The first kappa shape index (κ1) is 4.75. The maximum absolute atomic E-state index is 5.58. The molecule has 1 saturated heterocycles. The normalized spacial score (nSPS) is 34.5. The van der Waals surface area contributed by atoms with E-state index in [1.165, 1.54) is 0 Å². The van der Waals surface area contributed by atoms with Gasteiger partial charge in [-0.25, -0.2) is 0 Å². The minimum Gasteiger partial charge on any atom is -0.301 e. The molecule has 3 heteroatoms. The number of thioether (sulfide) groups is 1. The molecule has 0 aromatic carbocycles. The van der Waals surface area contributed by atoms with Crippen molar-refractivity contribution in [1.29, 1.82) is 0 Å².